The van der Waals surface area contributed by atoms with E-state index in [2.05, 4.69) is 0 Å². The standard InChI is InChI=1S/C10H11N3O6/c14-11(15)7-10(13(18)19)6-3-8-1-4-9(5-2-8)12(16)17/h1-2,4-5,10H,3,6-7H2. The summed E-state index contributed by atoms with van der Waals surface area (Å²) in [7, 11) is 0. The fourth-order valence-corrected chi connectivity index (χ4v) is 1.55. The number of rotatable bonds is 7. The van der Waals surface area contributed by atoms with Gasteiger partial charge in [0.05, 0.1) is 4.92 Å². The van der Waals surface area contributed by atoms with Crippen molar-refractivity contribution >= 4 is 5.69 Å². The van der Waals surface area contributed by atoms with E-state index in [1.54, 1.807) is 0 Å². The monoisotopic (exact) mass is 269 g/mol. The summed E-state index contributed by atoms with van der Waals surface area (Å²) in [6.45, 7) is -0.722. The van der Waals surface area contributed by atoms with E-state index < -0.39 is 27.4 Å². The number of hydrogen-bond acceptors (Lipinski definition) is 6. The van der Waals surface area contributed by atoms with Crippen LogP contribution in [-0.4, -0.2) is 27.4 Å². The highest BCUT2D eigenvalue weighted by molar-refractivity contribution is 5.32. The third-order valence-corrected chi connectivity index (χ3v) is 2.57. The van der Waals surface area contributed by atoms with Gasteiger partial charge in [0, 0.05) is 28.4 Å². The highest BCUT2D eigenvalue weighted by atomic mass is 16.6. The van der Waals surface area contributed by atoms with Crippen molar-refractivity contribution in [3.63, 3.8) is 0 Å². The van der Waals surface area contributed by atoms with E-state index in [1.807, 2.05) is 0 Å². The second-order valence-corrected chi connectivity index (χ2v) is 3.92. The van der Waals surface area contributed by atoms with Crippen molar-refractivity contribution in [2.45, 2.75) is 18.9 Å². The summed E-state index contributed by atoms with van der Waals surface area (Å²) in [5.41, 5.74) is 0.598. The normalized spacial score (nSPS) is 11.8. The van der Waals surface area contributed by atoms with Crippen LogP contribution in [0.2, 0.25) is 0 Å². The summed E-state index contributed by atoms with van der Waals surface area (Å²) in [5.74, 6) is 0. The Labute approximate surface area is 107 Å². The Hall–Kier alpha value is -2.58. The molecular formula is C10H11N3O6. The zero-order valence-corrected chi connectivity index (χ0v) is 9.80. The first kappa shape index (κ1) is 14.5. The van der Waals surface area contributed by atoms with E-state index in [9.17, 15) is 30.3 Å². The summed E-state index contributed by atoms with van der Waals surface area (Å²) >= 11 is 0. The third kappa shape index (κ3) is 4.66. The molecule has 1 unspecified atom stereocenters. The molecule has 102 valence electrons. The van der Waals surface area contributed by atoms with E-state index in [0.29, 0.717) is 5.56 Å². The van der Waals surface area contributed by atoms with Crippen molar-refractivity contribution in [2.24, 2.45) is 0 Å². The first-order chi connectivity index (χ1) is 8.90. The first-order valence-corrected chi connectivity index (χ1v) is 5.38. The molecule has 0 saturated carbocycles. The second kappa shape index (κ2) is 6.38. The van der Waals surface area contributed by atoms with Gasteiger partial charge >= 0.3 is 0 Å². The number of benzene rings is 1. The second-order valence-electron chi connectivity index (χ2n) is 3.92. The van der Waals surface area contributed by atoms with Crippen molar-refractivity contribution < 1.29 is 14.8 Å². The Morgan fingerprint density at radius 3 is 2.00 bits per heavy atom. The molecule has 1 aromatic rings. The predicted molar refractivity (Wildman–Crippen MR) is 64.1 cm³/mol. The molecule has 1 atom stereocenters. The number of non-ortho nitro benzene ring substituents is 1. The van der Waals surface area contributed by atoms with Crippen molar-refractivity contribution in [3.8, 4) is 0 Å². The molecule has 9 heteroatoms. The van der Waals surface area contributed by atoms with E-state index in [-0.39, 0.29) is 18.5 Å². The lowest BCUT2D eigenvalue weighted by atomic mass is 10.1. The lowest BCUT2D eigenvalue weighted by molar-refractivity contribution is -0.588. The molecule has 0 amide bonds. The predicted octanol–water partition coefficient (Wildman–Crippen LogP) is 1.45. The average Bonchev–Trinajstić information content (AvgIpc) is 2.34. The van der Waals surface area contributed by atoms with Gasteiger partial charge in [-0.15, -0.1) is 0 Å². The Balaban J connectivity index is 2.61. The van der Waals surface area contributed by atoms with E-state index >= 15 is 0 Å². The maximum absolute atomic E-state index is 10.6. The van der Waals surface area contributed by atoms with E-state index in [1.165, 1.54) is 24.3 Å². The average molecular weight is 269 g/mol. The van der Waals surface area contributed by atoms with Gasteiger partial charge < -0.3 is 0 Å². The first-order valence-electron chi connectivity index (χ1n) is 5.38. The van der Waals surface area contributed by atoms with Gasteiger partial charge in [-0.3, -0.25) is 30.3 Å². The van der Waals surface area contributed by atoms with Crippen LogP contribution in [0.4, 0.5) is 5.69 Å². The van der Waals surface area contributed by atoms with E-state index in [4.69, 9.17) is 0 Å². The van der Waals surface area contributed by atoms with Crippen molar-refractivity contribution in [1.82, 2.24) is 0 Å². The number of hydrogen-bond donors (Lipinski definition) is 0. The van der Waals surface area contributed by atoms with Crippen LogP contribution in [0.1, 0.15) is 12.0 Å². The maximum atomic E-state index is 10.6. The zero-order valence-electron chi connectivity index (χ0n) is 9.80. The zero-order chi connectivity index (χ0) is 14.4. The van der Waals surface area contributed by atoms with Gasteiger partial charge in [-0.2, -0.15) is 0 Å². The fraction of sp³-hybridized carbons (Fsp3) is 0.400. The lowest BCUT2D eigenvalue weighted by Gasteiger charge is -2.05. The molecule has 0 aliphatic heterocycles. The van der Waals surface area contributed by atoms with Gasteiger partial charge in [0.1, 0.15) is 0 Å². The Morgan fingerprint density at radius 2 is 1.58 bits per heavy atom. The van der Waals surface area contributed by atoms with Gasteiger partial charge in [0.15, 0.2) is 0 Å². The number of nitro benzene ring substituents is 1. The van der Waals surface area contributed by atoms with Crippen LogP contribution in [0.5, 0.6) is 0 Å². The highest BCUT2D eigenvalue weighted by Gasteiger charge is 2.26. The molecule has 0 aliphatic carbocycles. The molecule has 0 aliphatic rings. The molecule has 0 radical (unpaired) electrons. The smallest absolute Gasteiger partial charge is 0.264 e. The van der Waals surface area contributed by atoms with Crippen LogP contribution in [0.25, 0.3) is 0 Å². The summed E-state index contributed by atoms with van der Waals surface area (Å²) < 4.78 is 0. The largest absolute Gasteiger partial charge is 0.276 e. The molecular weight excluding hydrogens is 258 g/mol. The summed E-state index contributed by atoms with van der Waals surface area (Å²) in [6.07, 6.45) is 0.281. The van der Waals surface area contributed by atoms with E-state index in [0.717, 1.165) is 0 Å². The maximum Gasteiger partial charge on any atom is 0.276 e. The molecule has 0 spiro atoms. The topological polar surface area (TPSA) is 129 Å². The molecule has 0 aromatic heterocycles. The minimum atomic E-state index is -1.25. The van der Waals surface area contributed by atoms with Crippen LogP contribution >= 0.6 is 0 Å². The molecule has 1 rings (SSSR count). The number of nitro groups is 3. The molecule has 0 saturated heterocycles. The molecule has 19 heavy (non-hydrogen) atoms. The van der Waals surface area contributed by atoms with Crippen LogP contribution < -0.4 is 0 Å². The Bertz CT molecular complexity index is 487. The highest BCUT2D eigenvalue weighted by Crippen LogP contribution is 2.14. The summed E-state index contributed by atoms with van der Waals surface area (Å²) in [5, 5.41) is 31.3. The Morgan fingerprint density at radius 1 is 1.00 bits per heavy atom. The molecule has 1 aromatic carbocycles. The van der Waals surface area contributed by atoms with Gasteiger partial charge in [-0.1, -0.05) is 12.1 Å². The van der Waals surface area contributed by atoms with Crippen LogP contribution in [-0.2, 0) is 6.42 Å². The van der Waals surface area contributed by atoms with Crippen molar-refractivity contribution in [1.29, 1.82) is 0 Å². The molecule has 0 bridgehead atoms. The van der Waals surface area contributed by atoms with Crippen LogP contribution in [0, 0.1) is 30.3 Å². The van der Waals surface area contributed by atoms with Crippen LogP contribution in [0.3, 0.4) is 0 Å². The number of nitrogens with zero attached hydrogens (tertiary/aromatic N) is 3. The minimum absolute atomic E-state index is 0.0196. The SMILES string of the molecule is O=[N+]([O-])CC(CCc1ccc([N+](=O)[O-])cc1)[N+](=O)[O-]. The van der Waals surface area contributed by atoms with Crippen molar-refractivity contribution in [3.05, 3.63) is 60.2 Å². The van der Waals surface area contributed by atoms with Gasteiger partial charge in [-0.05, 0) is 12.0 Å². The lowest BCUT2D eigenvalue weighted by Crippen LogP contribution is -2.28. The Kier molecular flexibility index (Phi) is 4.86. The number of aryl methyl sites for hydroxylation is 1. The molecule has 0 fully saturated rings. The third-order valence-electron chi connectivity index (χ3n) is 2.57. The van der Waals surface area contributed by atoms with Crippen molar-refractivity contribution in [2.75, 3.05) is 6.54 Å². The van der Waals surface area contributed by atoms with Gasteiger partial charge in [0.25, 0.3) is 18.3 Å². The fourth-order valence-electron chi connectivity index (χ4n) is 1.55. The van der Waals surface area contributed by atoms with Crippen LogP contribution in [0.15, 0.2) is 24.3 Å². The summed E-state index contributed by atoms with van der Waals surface area (Å²) in [4.78, 5) is 29.4. The minimum Gasteiger partial charge on any atom is -0.264 e. The molecule has 0 heterocycles. The molecule has 9 nitrogen and oxygen atoms in total. The quantitative estimate of drug-likeness (QED) is 0.543. The molecule has 0 N–H and O–H groups in total. The van der Waals surface area contributed by atoms with Gasteiger partial charge in [0.2, 0.25) is 0 Å². The van der Waals surface area contributed by atoms with Gasteiger partial charge in [-0.25, -0.2) is 0 Å². The summed E-state index contributed by atoms with van der Waals surface area (Å²) in [6, 6.07) is 4.32.